The molecule has 0 aromatic rings. The molecule has 0 bridgehead atoms. The highest BCUT2D eigenvalue weighted by Crippen LogP contribution is 2.28. The predicted octanol–water partition coefficient (Wildman–Crippen LogP) is 1.17. The topological polar surface area (TPSA) is 54.4 Å². The minimum absolute atomic E-state index is 0.133. The predicted molar refractivity (Wildman–Crippen MR) is 65.0 cm³/mol. The Morgan fingerprint density at radius 2 is 2.27 bits per heavy atom. The molecule has 90 valence electrons. The fourth-order valence-electron chi connectivity index (χ4n) is 2.16. The van der Waals surface area contributed by atoms with Gasteiger partial charge in [-0.1, -0.05) is 0 Å². The Morgan fingerprint density at radius 1 is 1.53 bits per heavy atom. The molecule has 0 aromatic carbocycles. The average Bonchev–Trinajstić information content (AvgIpc) is 2.54. The molecule has 0 aromatic heterocycles. The summed E-state index contributed by atoms with van der Waals surface area (Å²) in [6.07, 6.45) is 4.83. The van der Waals surface area contributed by atoms with Crippen molar-refractivity contribution in [3.05, 3.63) is 0 Å². The molecule has 5 heteroatoms. The maximum absolute atomic E-state index is 11.3. The van der Waals surface area contributed by atoms with Crippen molar-refractivity contribution < 1.29 is 13.5 Å². The van der Waals surface area contributed by atoms with E-state index >= 15 is 0 Å². The van der Waals surface area contributed by atoms with Crippen LogP contribution in [0.25, 0.3) is 0 Å². The van der Waals surface area contributed by atoms with E-state index in [2.05, 4.69) is 6.26 Å². The third-order valence-corrected chi connectivity index (χ3v) is 5.58. The summed E-state index contributed by atoms with van der Waals surface area (Å²) in [6.45, 7) is 0.133. The number of aliphatic hydroxyl groups is 1. The maximum Gasteiger partial charge on any atom is 0.150 e. The third-order valence-electron chi connectivity index (χ3n) is 3.09. The van der Waals surface area contributed by atoms with Gasteiger partial charge in [0, 0.05) is 6.61 Å². The minimum atomic E-state index is -2.80. The zero-order valence-corrected chi connectivity index (χ0v) is 10.8. The van der Waals surface area contributed by atoms with Crippen LogP contribution < -0.4 is 0 Å². The van der Waals surface area contributed by atoms with Gasteiger partial charge in [0.15, 0.2) is 9.84 Å². The summed E-state index contributed by atoms with van der Waals surface area (Å²) in [4.78, 5) is 0. The number of thioether (sulfide) groups is 1. The molecule has 3 nitrogen and oxygen atoms in total. The molecule has 1 heterocycles. The Balaban J connectivity index is 2.39. The van der Waals surface area contributed by atoms with Crippen molar-refractivity contribution in [3.63, 3.8) is 0 Å². The Labute approximate surface area is 96.6 Å². The quantitative estimate of drug-likeness (QED) is 0.721. The second-order valence-corrected chi connectivity index (χ2v) is 7.46. The van der Waals surface area contributed by atoms with Gasteiger partial charge in [0.2, 0.25) is 0 Å². The van der Waals surface area contributed by atoms with Crippen LogP contribution in [0.5, 0.6) is 0 Å². The van der Waals surface area contributed by atoms with Crippen LogP contribution in [-0.4, -0.2) is 43.6 Å². The van der Waals surface area contributed by atoms with E-state index < -0.39 is 9.84 Å². The number of aliphatic hydroxyl groups excluding tert-OH is 1. The van der Waals surface area contributed by atoms with Gasteiger partial charge in [-0.3, -0.25) is 0 Å². The van der Waals surface area contributed by atoms with Gasteiger partial charge in [-0.25, -0.2) is 8.42 Å². The van der Waals surface area contributed by atoms with Crippen LogP contribution in [0.4, 0.5) is 0 Å². The highest BCUT2D eigenvalue weighted by atomic mass is 32.2. The normalized spacial score (nSPS) is 26.7. The van der Waals surface area contributed by atoms with Crippen LogP contribution in [0.1, 0.15) is 19.3 Å². The molecule has 0 radical (unpaired) electrons. The van der Waals surface area contributed by atoms with E-state index in [4.69, 9.17) is 0 Å². The summed E-state index contributed by atoms with van der Waals surface area (Å²) in [5.74, 6) is 2.08. The number of hydrogen-bond donors (Lipinski definition) is 1. The highest BCUT2D eigenvalue weighted by Gasteiger charge is 2.32. The third kappa shape index (κ3) is 4.33. The minimum Gasteiger partial charge on any atom is -0.396 e. The standard InChI is InChI=1S/C10H20O3S2/c1-14-5-2-3-9(7-11)10-4-6-15(12,13)8-10/h9-11H,2-8H2,1H3. The number of sulfone groups is 1. The first kappa shape index (κ1) is 13.3. The largest absolute Gasteiger partial charge is 0.396 e. The van der Waals surface area contributed by atoms with Crippen LogP contribution in [-0.2, 0) is 9.84 Å². The Hall–Kier alpha value is 0.260. The summed E-state index contributed by atoms with van der Waals surface area (Å²) in [7, 11) is -2.80. The molecular weight excluding hydrogens is 232 g/mol. The van der Waals surface area contributed by atoms with Crippen LogP contribution >= 0.6 is 11.8 Å². The van der Waals surface area contributed by atoms with Crippen molar-refractivity contribution in [3.8, 4) is 0 Å². The van der Waals surface area contributed by atoms with Gasteiger partial charge in [0.1, 0.15) is 0 Å². The summed E-state index contributed by atoms with van der Waals surface area (Å²) >= 11 is 1.80. The fourth-order valence-corrected chi connectivity index (χ4v) is 4.54. The molecule has 1 fully saturated rings. The number of hydrogen-bond acceptors (Lipinski definition) is 4. The first-order valence-electron chi connectivity index (χ1n) is 5.39. The first-order valence-corrected chi connectivity index (χ1v) is 8.61. The van der Waals surface area contributed by atoms with Gasteiger partial charge in [0.05, 0.1) is 11.5 Å². The zero-order valence-electron chi connectivity index (χ0n) is 9.18. The summed E-state index contributed by atoms with van der Waals surface area (Å²) < 4.78 is 22.6. The molecule has 1 rings (SSSR count). The summed E-state index contributed by atoms with van der Waals surface area (Å²) in [6, 6.07) is 0. The molecule has 1 saturated heterocycles. The molecular formula is C10H20O3S2. The van der Waals surface area contributed by atoms with E-state index in [-0.39, 0.29) is 24.2 Å². The van der Waals surface area contributed by atoms with E-state index in [1.54, 1.807) is 11.8 Å². The molecule has 2 atom stereocenters. The lowest BCUT2D eigenvalue weighted by molar-refractivity contribution is 0.175. The van der Waals surface area contributed by atoms with Crippen molar-refractivity contribution in [1.29, 1.82) is 0 Å². The van der Waals surface area contributed by atoms with Gasteiger partial charge in [-0.2, -0.15) is 11.8 Å². The molecule has 0 saturated carbocycles. The van der Waals surface area contributed by atoms with Crippen LogP contribution in [0.3, 0.4) is 0 Å². The van der Waals surface area contributed by atoms with Gasteiger partial charge >= 0.3 is 0 Å². The van der Waals surface area contributed by atoms with Crippen LogP contribution in [0, 0.1) is 11.8 Å². The lowest BCUT2D eigenvalue weighted by Gasteiger charge is -2.19. The van der Waals surface area contributed by atoms with Crippen molar-refractivity contribution in [2.24, 2.45) is 11.8 Å². The first-order chi connectivity index (χ1) is 7.09. The Kier molecular flexibility index (Phi) is 5.43. The molecule has 1 N–H and O–H groups in total. The van der Waals surface area contributed by atoms with Crippen LogP contribution in [0.2, 0.25) is 0 Å². The van der Waals surface area contributed by atoms with Gasteiger partial charge in [0.25, 0.3) is 0 Å². The van der Waals surface area contributed by atoms with Gasteiger partial charge in [-0.15, -0.1) is 0 Å². The van der Waals surface area contributed by atoms with Gasteiger partial charge in [-0.05, 0) is 43.1 Å². The smallest absolute Gasteiger partial charge is 0.150 e. The maximum atomic E-state index is 11.3. The molecule has 0 aliphatic carbocycles. The van der Waals surface area contributed by atoms with E-state index in [1.807, 2.05) is 0 Å². The van der Waals surface area contributed by atoms with E-state index in [0.717, 1.165) is 25.0 Å². The van der Waals surface area contributed by atoms with Crippen molar-refractivity contribution in [1.82, 2.24) is 0 Å². The van der Waals surface area contributed by atoms with E-state index in [0.29, 0.717) is 5.75 Å². The van der Waals surface area contributed by atoms with Gasteiger partial charge < -0.3 is 5.11 Å². The second kappa shape index (κ2) is 6.11. The second-order valence-electron chi connectivity index (χ2n) is 4.24. The summed E-state index contributed by atoms with van der Waals surface area (Å²) in [5.41, 5.74) is 0. The van der Waals surface area contributed by atoms with E-state index in [9.17, 15) is 13.5 Å². The fraction of sp³-hybridized carbons (Fsp3) is 1.00. The van der Waals surface area contributed by atoms with E-state index in [1.165, 1.54) is 0 Å². The average molecular weight is 252 g/mol. The molecule has 2 unspecified atom stereocenters. The Morgan fingerprint density at radius 3 is 2.73 bits per heavy atom. The van der Waals surface area contributed by atoms with Crippen molar-refractivity contribution in [2.75, 3.05) is 30.1 Å². The molecule has 0 amide bonds. The van der Waals surface area contributed by atoms with Crippen LogP contribution in [0.15, 0.2) is 0 Å². The lowest BCUT2D eigenvalue weighted by Crippen LogP contribution is -2.20. The highest BCUT2D eigenvalue weighted by molar-refractivity contribution is 7.98. The lowest BCUT2D eigenvalue weighted by atomic mass is 9.89. The molecule has 0 spiro atoms. The monoisotopic (exact) mass is 252 g/mol. The Bertz CT molecular complexity index is 274. The molecule has 1 aliphatic rings. The summed E-state index contributed by atoms with van der Waals surface area (Å²) in [5, 5.41) is 9.25. The SMILES string of the molecule is CSCCCC(CO)C1CCS(=O)(=O)C1. The van der Waals surface area contributed by atoms with Crippen molar-refractivity contribution in [2.45, 2.75) is 19.3 Å². The zero-order chi connectivity index (χ0) is 11.3. The number of rotatable bonds is 6. The molecule has 15 heavy (non-hydrogen) atoms. The molecule has 1 aliphatic heterocycles. The van der Waals surface area contributed by atoms with Crippen molar-refractivity contribution >= 4 is 21.6 Å².